The van der Waals surface area contributed by atoms with Crippen LogP contribution in [0, 0.1) is 0 Å². The van der Waals surface area contributed by atoms with Gasteiger partial charge in [-0.25, -0.2) is 4.98 Å². The minimum absolute atomic E-state index is 0.0861. The van der Waals surface area contributed by atoms with Crippen LogP contribution in [0.4, 0.5) is 5.13 Å². The summed E-state index contributed by atoms with van der Waals surface area (Å²) in [4.78, 5) is 29.2. The SMILES string of the molecule is O=C(Nc1nc(-c2cc(Cl)sc2Cl)cs1)c1coc2ccccc2c1=O. The fraction of sp³-hybridized carbons (Fsp3) is 0. The van der Waals surface area contributed by atoms with Crippen molar-refractivity contribution in [3.63, 3.8) is 0 Å². The predicted octanol–water partition coefficient (Wildman–Crippen LogP) is 5.54. The van der Waals surface area contributed by atoms with Gasteiger partial charge in [-0.15, -0.1) is 22.7 Å². The van der Waals surface area contributed by atoms with Gasteiger partial charge in [0.25, 0.3) is 5.91 Å². The molecule has 26 heavy (non-hydrogen) atoms. The Morgan fingerprint density at radius 2 is 2.04 bits per heavy atom. The van der Waals surface area contributed by atoms with E-state index < -0.39 is 11.3 Å². The molecule has 0 radical (unpaired) electrons. The number of hydrogen-bond donors (Lipinski definition) is 1. The molecule has 0 atom stereocenters. The van der Waals surface area contributed by atoms with E-state index in [-0.39, 0.29) is 5.56 Å². The number of aromatic nitrogens is 1. The lowest BCUT2D eigenvalue weighted by molar-refractivity contribution is 0.102. The molecule has 0 aliphatic heterocycles. The van der Waals surface area contributed by atoms with Gasteiger partial charge in [-0.05, 0) is 18.2 Å². The molecule has 3 aromatic heterocycles. The van der Waals surface area contributed by atoms with Crippen LogP contribution in [-0.4, -0.2) is 10.9 Å². The van der Waals surface area contributed by atoms with E-state index >= 15 is 0 Å². The first kappa shape index (κ1) is 17.2. The van der Waals surface area contributed by atoms with E-state index in [4.69, 9.17) is 27.6 Å². The Labute approximate surface area is 164 Å². The first-order valence-electron chi connectivity index (χ1n) is 7.25. The summed E-state index contributed by atoms with van der Waals surface area (Å²) in [5, 5.41) is 5.06. The van der Waals surface area contributed by atoms with E-state index in [1.54, 1.807) is 35.7 Å². The topological polar surface area (TPSA) is 72.2 Å². The first-order chi connectivity index (χ1) is 12.5. The van der Waals surface area contributed by atoms with Crippen LogP contribution in [0.1, 0.15) is 10.4 Å². The Hall–Kier alpha value is -2.19. The Balaban J connectivity index is 1.62. The van der Waals surface area contributed by atoms with Gasteiger partial charge < -0.3 is 4.42 Å². The monoisotopic (exact) mass is 422 g/mol. The van der Waals surface area contributed by atoms with Crippen molar-refractivity contribution in [2.75, 3.05) is 5.32 Å². The Kier molecular flexibility index (Phi) is 4.54. The highest BCUT2D eigenvalue weighted by atomic mass is 35.5. The summed E-state index contributed by atoms with van der Waals surface area (Å²) >= 11 is 14.5. The molecule has 1 N–H and O–H groups in total. The summed E-state index contributed by atoms with van der Waals surface area (Å²) in [6.07, 6.45) is 1.16. The van der Waals surface area contributed by atoms with Crippen LogP contribution in [0.15, 0.2) is 51.2 Å². The molecule has 1 aromatic carbocycles. The molecule has 0 unspecified atom stereocenters. The number of hydrogen-bond acceptors (Lipinski definition) is 6. The summed E-state index contributed by atoms with van der Waals surface area (Å²) in [7, 11) is 0. The van der Waals surface area contributed by atoms with Gasteiger partial charge in [-0.3, -0.25) is 14.9 Å². The number of fused-ring (bicyclic) bond motifs is 1. The van der Waals surface area contributed by atoms with Crippen molar-refractivity contribution >= 4 is 67.9 Å². The number of carbonyl (C=O) groups is 1. The molecule has 9 heteroatoms. The third-order valence-electron chi connectivity index (χ3n) is 3.58. The number of amides is 1. The van der Waals surface area contributed by atoms with Crippen molar-refractivity contribution < 1.29 is 9.21 Å². The van der Waals surface area contributed by atoms with E-state index in [1.807, 2.05) is 0 Å². The average molecular weight is 423 g/mol. The molecule has 0 fully saturated rings. The lowest BCUT2D eigenvalue weighted by Crippen LogP contribution is -2.21. The van der Waals surface area contributed by atoms with Crippen LogP contribution in [0.25, 0.3) is 22.2 Å². The van der Waals surface area contributed by atoms with Crippen molar-refractivity contribution in [3.05, 3.63) is 66.4 Å². The number of anilines is 1. The van der Waals surface area contributed by atoms with Crippen LogP contribution >= 0.6 is 45.9 Å². The molecule has 0 saturated carbocycles. The van der Waals surface area contributed by atoms with Gasteiger partial charge in [0.2, 0.25) is 5.43 Å². The molecular weight excluding hydrogens is 415 g/mol. The zero-order valence-electron chi connectivity index (χ0n) is 12.8. The van der Waals surface area contributed by atoms with Gasteiger partial charge in [0, 0.05) is 10.9 Å². The second-order valence-corrected chi connectivity index (χ2v) is 8.35. The van der Waals surface area contributed by atoms with Crippen LogP contribution in [0.3, 0.4) is 0 Å². The number of nitrogens with zero attached hydrogens (tertiary/aromatic N) is 1. The van der Waals surface area contributed by atoms with Crippen molar-refractivity contribution in [1.29, 1.82) is 0 Å². The minimum Gasteiger partial charge on any atom is -0.463 e. The van der Waals surface area contributed by atoms with Crippen molar-refractivity contribution in [2.24, 2.45) is 0 Å². The number of thiazole rings is 1. The third kappa shape index (κ3) is 3.14. The van der Waals surface area contributed by atoms with Gasteiger partial charge in [0.1, 0.15) is 21.7 Å². The van der Waals surface area contributed by atoms with E-state index in [0.717, 1.165) is 6.26 Å². The maximum absolute atomic E-state index is 12.5. The van der Waals surface area contributed by atoms with Crippen LogP contribution in [0.5, 0.6) is 0 Å². The Morgan fingerprint density at radius 3 is 2.81 bits per heavy atom. The van der Waals surface area contributed by atoms with Gasteiger partial charge in [-0.1, -0.05) is 35.3 Å². The quantitative estimate of drug-likeness (QED) is 0.470. The molecule has 0 aliphatic rings. The fourth-order valence-electron chi connectivity index (χ4n) is 2.37. The van der Waals surface area contributed by atoms with Crippen molar-refractivity contribution in [2.45, 2.75) is 0 Å². The molecular formula is C17H8Cl2N2O3S2. The molecule has 4 aromatic rings. The highest BCUT2D eigenvalue weighted by Crippen LogP contribution is 2.39. The molecule has 0 spiro atoms. The third-order valence-corrected chi connectivity index (χ3v) is 5.83. The smallest absolute Gasteiger partial charge is 0.264 e. The van der Waals surface area contributed by atoms with Gasteiger partial charge in [0.15, 0.2) is 5.13 Å². The molecule has 130 valence electrons. The summed E-state index contributed by atoms with van der Waals surface area (Å²) in [6.45, 7) is 0. The van der Waals surface area contributed by atoms with Crippen LogP contribution in [-0.2, 0) is 0 Å². The van der Waals surface area contributed by atoms with Crippen molar-refractivity contribution in [3.8, 4) is 11.3 Å². The van der Waals surface area contributed by atoms with E-state index in [1.165, 1.54) is 22.7 Å². The summed E-state index contributed by atoms with van der Waals surface area (Å²) in [6, 6.07) is 8.46. The van der Waals surface area contributed by atoms with Gasteiger partial charge >= 0.3 is 0 Å². The zero-order valence-corrected chi connectivity index (χ0v) is 15.9. The second-order valence-electron chi connectivity index (χ2n) is 5.20. The summed E-state index contributed by atoms with van der Waals surface area (Å²) in [5.41, 5.74) is 1.24. The number of benzene rings is 1. The maximum Gasteiger partial charge on any atom is 0.264 e. The minimum atomic E-state index is -0.583. The highest BCUT2D eigenvalue weighted by Gasteiger charge is 2.17. The average Bonchev–Trinajstić information content (AvgIpc) is 3.21. The summed E-state index contributed by atoms with van der Waals surface area (Å²) < 4.78 is 6.44. The number of halogens is 2. The van der Waals surface area contributed by atoms with Crippen molar-refractivity contribution in [1.82, 2.24) is 4.98 Å². The Morgan fingerprint density at radius 1 is 1.23 bits per heavy atom. The van der Waals surface area contributed by atoms with Crippen LogP contribution < -0.4 is 10.7 Å². The lowest BCUT2D eigenvalue weighted by Gasteiger charge is -2.02. The number of nitrogens with one attached hydrogen (secondary N) is 1. The molecule has 1 amide bonds. The first-order valence-corrected chi connectivity index (χ1v) is 9.71. The number of thiophene rings is 1. The van der Waals surface area contributed by atoms with E-state index in [2.05, 4.69) is 10.3 Å². The zero-order chi connectivity index (χ0) is 18.3. The molecule has 5 nitrogen and oxygen atoms in total. The number of rotatable bonds is 3. The van der Waals surface area contributed by atoms with Crippen LogP contribution in [0.2, 0.25) is 8.67 Å². The maximum atomic E-state index is 12.5. The van der Waals surface area contributed by atoms with Gasteiger partial charge in [0.05, 0.1) is 15.4 Å². The number of para-hydroxylation sites is 1. The lowest BCUT2D eigenvalue weighted by atomic mass is 10.1. The van der Waals surface area contributed by atoms with E-state index in [9.17, 15) is 9.59 Å². The Bertz CT molecular complexity index is 1200. The molecule has 3 heterocycles. The molecule has 4 rings (SSSR count). The number of carbonyl (C=O) groups excluding carboxylic acids is 1. The van der Waals surface area contributed by atoms with Gasteiger partial charge in [-0.2, -0.15) is 0 Å². The largest absolute Gasteiger partial charge is 0.463 e. The highest BCUT2D eigenvalue weighted by molar-refractivity contribution is 7.20. The molecule has 0 saturated heterocycles. The normalized spacial score (nSPS) is 11.0. The van der Waals surface area contributed by atoms with E-state index in [0.29, 0.717) is 36.0 Å². The summed E-state index contributed by atoms with van der Waals surface area (Å²) in [5.74, 6) is -0.583. The predicted molar refractivity (Wildman–Crippen MR) is 106 cm³/mol. The molecule has 0 bridgehead atoms. The second kappa shape index (κ2) is 6.85. The standard InChI is InChI=1S/C17H8Cl2N2O3S2/c18-13-5-9(15(19)26-13)11-7-25-17(20-11)21-16(23)10-6-24-12-4-2-1-3-8(12)14(10)22/h1-7H,(H,20,21,23). The molecule has 0 aliphatic carbocycles. The fourth-order valence-corrected chi connectivity index (χ4v) is 4.56.